The summed E-state index contributed by atoms with van der Waals surface area (Å²) >= 11 is 1.21. The highest BCUT2D eigenvalue weighted by Crippen LogP contribution is 2.38. The molecule has 0 aliphatic carbocycles. The van der Waals surface area contributed by atoms with Crippen LogP contribution in [0.3, 0.4) is 0 Å². The van der Waals surface area contributed by atoms with Gasteiger partial charge in [-0.05, 0) is 24.5 Å². The number of pyridine rings is 1. The summed E-state index contributed by atoms with van der Waals surface area (Å²) in [6.07, 6.45) is -3.19. The lowest BCUT2D eigenvalue weighted by Gasteiger charge is -2.32. The van der Waals surface area contributed by atoms with Gasteiger partial charge in [-0.25, -0.2) is 18.4 Å². The fourth-order valence-electron chi connectivity index (χ4n) is 3.69. The Hall–Kier alpha value is -2.50. The van der Waals surface area contributed by atoms with Crippen LogP contribution in [-0.2, 0) is 28.3 Å². The Labute approximate surface area is 194 Å². The molecule has 0 radical (unpaired) electrons. The first-order chi connectivity index (χ1) is 15.7. The molecule has 0 amide bonds. The van der Waals surface area contributed by atoms with E-state index in [2.05, 4.69) is 14.9 Å². The summed E-state index contributed by atoms with van der Waals surface area (Å²) < 4.78 is 72.0. The number of thiazole rings is 1. The molecule has 0 atom stereocenters. The molecule has 1 aliphatic heterocycles. The zero-order valence-corrected chi connectivity index (χ0v) is 19.2. The molecule has 4 rings (SSSR count). The smallest absolute Gasteiger partial charge is 0.420 e. The number of hydrogen-bond donors (Lipinski definition) is 0. The number of hydrogen-bond acceptors (Lipinski definition) is 7. The number of halogens is 3. The van der Waals surface area contributed by atoms with Gasteiger partial charge in [-0.15, -0.1) is 11.3 Å². The lowest BCUT2D eigenvalue weighted by molar-refractivity contribution is -0.139. The van der Waals surface area contributed by atoms with Crippen LogP contribution >= 0.6 is 11.3 Å². The van der Waals surface area contributed by atoms with Gasteiger partial charge in [0.15, 0.2) is 5.03 Å². The van der Waals surface area contributed by atoms with Crippen LogP contribution in [0.4, 0.5) is 13.2 Å². The maximum absolute atomic E-state index is 13.7. The summed E-state index contributed by atoms with van der Waals surface area (Å²) in [5, 5.41) is 0.886. The van der Waals surface area contributed by atoms with Gasteiger partial charge in [-0.2, -0.15) is 13.2 Å². The Bertz CT molecular complexity index is 1160. The van der Waals surface area contributed by atoms with Crippen molar-refractivity contribution in [3.05, 3.63) is 70.3 Å². The first-order valence-electron chi connectivity index (χ1n) is 10.3. The number of aromatic nitrogens is 2. The summed E-state index contributed by atoms with van der Waals surface area (Å²) in [5.41, 5.74) is 1.76. The van der Waals surface area contributed by atoms with Crippen LogP contribution < -0.4 is 4.74 Å². The highest BCUT2D eigenvalue weighted by Gasteiger charge is 2.37. The second-order valence-electron chi connectivity index (χ2n) is 7.83. The Balaban J connectivity index is 1.45. The Kier molecular flexibility index (Phi) is 7.01. The summed E-state index contributed by atoms with van der Waals surface area (Å²) in [5.74, 6) is -0.961. The molecule has 2 aromatic heterocycles. The quantitative estimate of drug-likeness (QED) is 0.476. The molecule has 1 aliphatic rings. The van der Waals surface area contributed by atoms with E-state index in [1.165, 1.54) is 27.8 Å². The van der Waals surface area contributed by atoms with E-state index in [-0.39, 0.29) is 5.69 Å². The molecule has 0 spiro atoms. The lowest BCUT2D eigenvalue weighted by atomic mass is 10.1. The minimum atomic E-state index is -4.78. The Morgan fingerprint density at radius 3 is 2.48 bits per heavy atom. The fraction of sp³-hybridized carbons (Fsp3) is 0.364. The largest absolute Gasteiger partial charge is 0.488 e. The fourth-order valence-corrected chi connectivity index (χ4v) is 5.56. The van der Waals surface area contributed by atoms with Gasteiger partial charge >= 0.3 is 6.18 Å². The van der Waals surface area contributed by atoms with Gasteiger partial charge < -0.3 is 4.74 Å². The average molecular weight is 498 g/mol. The van der Waals surface area contributed by atoms with Crippen molar-refractivity contribution in [2.75, 3.05) is 13.1 Å². The van der Waals surface area contributed by atoms with Gasteiger partial charge in [0.05, 0.1) is 23.2 Å². The van der Waals surface area contributed by atoms with E-state index in [1.807, 2.05) is 30.3 Å². The first kappa shape index (κ1) is 23.7. The number of sulfone groups is 1. The number of piperidine rings is 1. The summed E-state index contributed by atoms with van der Waals surface area (Å²) in [6.45, 7) is 2.15. The van der Waals surface area contributed by atoms with Crippen LogP contribution in [-0.4, -0.2) is 42.5 Å². The van der Waals surface area contributed by atoms with Crippen molar-refractivity contribution >= 4 is 21.2 Å². The minimum Gasteiger partial charge on any atom is -0.488 e. The van der Waals surface area contributed by atoms with Crippen molar-refractivity contribution in [3.8, 4) is 5.75 Å². The first-order valence-corrected chi connectivity index (χ1v) is 12.9. The van der Waals surface area contributed by atoms with Gasteiger partial charge in [0.25, 0.3) is 0 Å². The van der Waals surface area contributed by atoms with E-state index in [4.69, 9.17) is 4.74 Å². The zero-order chi connectivity index (χ0) is 23.5. The van der Waals surface area contributed by atoms with Crippen LogP contribution in [0, 0.1) is 0 Å². The summed E-state index contributed by atoms with van der Waals surface area (Å²) in [7, 11) is -4.08. The van der Waals surface area contributed by atoms with Crippen LogP contribution in [0.25, 0.3) is 0 Å². The number of alkyl halides is 3. The molecular weight excluding hydrogens is 475 g/mol. The van der Waals surface area contributed by atoms with Crippen LogP contribution in [0.15, 0.2) is 58.5 Å². The van der Waals surface area contributed by atoms with Crippen molar-refractivity contribution < 1.29 is 26.3 Å². The van der Waals surface area contributed by atoms with Crippen molar-refractivity contribution in [3.63, 3.8) is 0 Å². The van der Waals surface area contributed by atoms with E-state index >= 15 is 0 Å². The van der Waals surface area contributed by atoms with Gasteiger partial charge in [0.1, 0.15) is 17.4 Å². The van der Waals surface area contributed by atoms with E-state index in [0.29, 0.717) is 32.0 Å². The molecular formula is C22H22F3N3O3S2. The van der Waals surface area contributed by atoms with Gasteiger partial charge in [-0.3, -0.25) is 4.90 Å². The molecule has 0 bridgehead atoms. The van der Waals surface area contributed by atoms with Crippen molar-refractivity contribution in [2.24, 2.45) is 0 Å². The molecule has 1 aromatic carbocycles. The van der Waals surface area contributed by atoms with E-state index in [9.17, 15) is 21.6 Å². The summed E-state index contributed by atoms with van der Waals surface area (Å²) in [6, 6.07) is 10.5. The van der Waals surface area contributed by atoms with Gasteiger partial charge in [-0.1, -0.05) is 30.3 Å². The third-order valence-corrected chi connectivity index (χ3v) is 7.54. The molecule has 11 heteroatoms. The number of nitrogens with zero attached hydrogens (tertiary/aromatic N) is 3. The standard InChI is InChI=1S/C22H22F3N3O3S2/c23-22(24,25)19-10-21(33(29,30)14-17-13-32-15-27-17)26-11-20(19)31-18-6-8-28(9-7-18)12-16-4-2-1-3-5-16/h1-5,10-11,13,15,18H,6-9,12,14H2. The van der Waals surface area contributed by atoms with Crippen molar-refractivity contribution in [1.29, 1.82) is 0 Å². The monoisotopic (exact) mass is 497 g/mol. The Morgan fingerprint density at radius 1 is 1.12 bits per heavy atom. The number of likely N-dealkylation sites (tertiary alicyclic amines) is 1. The van der Waals surface area contributed by atoms with E-state index in [0.717, 1.165) is 12.7 Å². The highest BCUT2D eigenvalue weighted by atomic mass is 32.2. The molecule has 0 N–H and O–H groups in total. The SMILES string of the molecule is O=S(=O)(Cc1cscn1)c1cc(C(F)(F)F)c(OC2CCN(Cc3ccccc3)CC2)cn1. The van der Waals surface area contributed by atoms with Gasteiger partial charge in [0.2, 0.25) is 9.84 Å². The second-order valence-corrected chi connectivity index (χ2v) is 10.5. The topological polar surface area (TPSA) is 72.4 Å². The molecule has 6 nitrogen and oxygen atoms in total. The molecule has 3 heterocycles. The predicted octanol–water partition coefficient (Wildman–Crippen LogP) is 4.57. The van der Waals surface area contributed by atoms with E-state index in [1.54, 1.807) is 0 Å². The zero-order valence-electron chi connectivity index (χ0n) is 17.5. The van der Waals surface area contributed by atoms with Crippen molar-refractivity contribution in [1.82, 2.24) is 14.9 Å². The molecule has 3 aromatic rings. The second kappa shape index (κ2) is 9.78. The van der Waals surface area contributed by atoms with Crippen molar-refractivity contribution in [2.45, 2.75) is 42.4 Å². The maximum atomic E-state index is 13.7. The Morgan fingerprint density at radius 2 is 1.85 bits per heavy atom. The highest BCUT2D eigenvalue weighted by molar-refractivity contribution is 7.90. The lowest BCUT2D eigenvalue weighted by Crippen LogP contribution is -2.38. The molecule has 1 fully saturated rings. The summed E-state index contributed by atoms with van der Waals surface area (Å²) in [4.78, 5) is 9.91. The average Bonchev–Trinajstić information content (AvgIpc) is 3.27. The predicted molar refractivity (Wildman–Crippen MR) is 118 cm³/mol. The van der Waals surface area contributed by atoms with E-state index < -0.39 is 44.2 Å². The molecule has 1 saturated heterocycles. The van der Waals surface area contributed by atoms with Crippen LogP contribution in [0.1, 0.15) is 29.7 Å². The van der Waals surface area contributed by atoms with Gasteiger partial charge in [0, 0.05) is 25.0 Å². The minimum absolute atomic E-state index is 0.262. The molecule has 176 valence electrons. The normalized spacial score (nSPS) is 16.1. The molecule has 0 saturated carbocycles. The molecule has 33 heavy (non-hydrogen) atoms. The third-order valence-electron chi connectivity index (χ3n) is 5.36. The molecule has 0 unspecified atom stereocenters. The maximum Gasteiger partial charge on any atom is 0.420 e. The van der Waals surface area contributed by atoms with Crippen LogP contribution in [0.2, 0.25) is 0 Å². The number of benzene rings is 1. The number of rotatable bonds is 7. The van der Waals surface area contributed by atoms with Crippen LogP contribution in [0.5, 0.6) is 5.75 Å². The number of ether oxygens (including phenoxy) is 1. The third kappa shape index (κ3) is 6.10.